The lowest BCUT2D eigenvalue weighted by Crippen LogP contribution is -2.32. The van der Waals surface area contributed by atoms with E-state index in [1.165, 1.54) is 12.1 Å². The SMILES string of the molecule is O=C(c1ccccc1F)C1CSc2ccccc2O1. The Kier molecular flexibility index (Phi) is 3.25. The molecule has 0 radical (unpaired) electrons. The number of carbonyl (C=O) groups is 1. The average molecular weight is 274 g/mol. The summed E-state index contributed by atoms with van der Waals surface area (Å²) in [5.41, 5.74) is 0.0903. The van der Waals surface area contributed by atoms with Crippen LogP contribution in [0.1, 0.15) is 10.4 Å². The van der Waals surface area contributed by atoms with Crippen molar-refractivity contribution in [3.05, 3.63) is 59.9 Å². The monoisotopic (exact) mass is 274 g/mol. The molecule has 0 aromatic heterocycles. The van der Waals surface area contributed by atoms with E-state index in [0.717, 1.165) is 4.90 Å². The normalized spacial score (nSPS) is 17.4. The number of Topliss-reactive ketones (excluding diaryl/α,β-unsaturated/α-hetero) is 1. The van der Waals surface area contributed by atoms with Gasteiger partial charge in [-0.15, -0.1) is 11.8 Å². The van der Waals surface area contributed by atoms with Gasteiger partial charge < -0.3 is 4.74 Å². The molecule has 0 fully saturated rings. The van der Waals surface area contributed by atoms with Gasteiger partial charge in [0.15, 0.2) is 6.10 Å². The van der Waals surface area contributed by atoms with Crippen molar-refractivity contribution in [1.29, 1.82) is 0 Å². The lowest BCUT2D eigenvalue weighted by atomic mass is 10.1. The Morgan fingerprint density at radius 2 is 1.89 bits per heavy atom. The maximum atomic E-state index is 13.6. The topological polar surface area (TPSA) is 26.3 Å². The highest BCUT2D eigenvalue weighted by Crippen LogP contribution is 2.35. The molecule has 2 aromatic carbocycles. The summed E-state index contributed by atoms with van der Waals surface area (Å²) in [5.74, 6) is 0.387. The summed E-state index contributed by atoms with van der Waals surface area (Å²) >= 11 is 1.56. The quantitative estimate of drug-likeness (QED) is 0.783. The third-order valence-electron chi connectivity index (χ3n) is 2.94. The number of thioether (sulfide) groups is 1. The van der Waals surface area contributed by atoms with Crippen molar-refractivity contribution in [1.82, 2.24) is 0 Å². The Labute approximate surface area is 114 Å². The molecule has 1 unspecified atom stereocenters. The molecule has 1 heterocycles. The number of hydrogen-bond donors (Lipinski definition) is 0. The largest absolute Gasteiger partial charge is 0.480 e. The first-order valence-electron chi connectivity index (χ1n) is 5.93. The molecule has 0 N–H and O–H groups in total. The number of ether oxygens (including phenoxy) is 1. The number of rotatable bonds is 2. The van der Waals surface area contributed by atoms with Crippen molar-refractivity contribution in [2.45, 2.75) is 11.0 Å². The number of carbonyl (C=O) groups excluding carboxylic acids is 1. The van der Waals surface area contributed by atoms with Crippen molar-refractivity contribution in [2.75, 3.05) is 5.75 Å². The van der Waals surface area contributed by atoms with E-state index in [1.54, 1.807) is 23.9 Å². The minimum Gasteiger partial charge on any atom is -0.480 e. The molecule has 2 nitrogen and oxygen atoms in total. The van der Waals surface area contributed by atoms with Gasteiger partial charge in [0.1, 0.15) is 11.6 Å². The summed E-state index contributed by atoms with van der Waals surface area (Å²) in [6, 6.07) is 13.6. The molecule has 0 saturated carbocycles. The van der Waals surface area contributed by atoms with Crippen molar-refractivity contribution >= 4 is 17.5 Å². The highest BCUT2D eigenvalue weighted by Gasteiger charge is 2.28. The summed E-state index contributed by atoms with van der Waals surface area (Å²) in [5, 5.41) is 0. The standard InChI is InChI=1S/C15H11FO2S/c16-11-6-2-1-5-10(11)15(17)13-9-19-14-8-4-3-7-12(14)18-13/h1-8,13H,9H2. The van der Waals surface area contributed by atoms with Gasteiger partial charge in [-0.3, -0.25) is 4.79 Å². The van der Waals surface area contributed by atoms with Gasteiger partial charge in [-0.05, 0) is 24.3 Å². The van der Waals surface area contributed by atoms with E-state index in [1.807, 2.05) is 24.3 Å². The molecule has 1 aliphatic rings. The Balaban J connectivity index is 1.86. The smallest absolute Gasteiger partial charge is 0.207 e. The van der Waals surface area contributed by atoms with Crippen LogP contribution in [-0.4, -0.2) is 17.6 Å². The molecule has 96 valence electrons. The fraction of sp³-hybridized carbons (Fsp3) is 0.133. The fourth-order valence-electron chi connectivity index (χ4n) is 1.98. The number of fused-ring (bicyclic) bond motifs is 1. The Morgan fingerprint density at radius 1 is 1.16 bits per heavy atom. The van der Waals surface area contributed by atoms with E-state index < -0.39 is 11.9 Å². The summed E-state index contributed by atoms with van der Waals surface area (Å²) < 4.78 is 19.3. The lowest BCUT2D eigenvalue weighted by molar-refractivity contribution is 0.0811. The average Bonchev–Trinajstić information content (AvgIpc) is 2.46. The van der Waals surface area contributed by atoms with E-state index in [4.69, 9.17) is 4.74 Å². The number of hydrogen-bond acceptors (Lipinski definition) is 3. The molecule has 4 heteroatoms. The first-order valence-corrected chi connectivity index (χ1v) is 6.91. The van der Waals surface area contributed by atoms with Crippen LogP contribution < -0.4 is 4.74 Å². The maximum absolute atomic E-state index is 13.6. The zero-order valence-corrected chi connectivity index (χ0v) is 10.8. The first kappa shape index (κ1) is 12.2. The van der Waals surface area contributed by atoms with Gasteiger partial charge in [-0.1, -0.05) is 24.3 Å². The summed E-state index contributed by atoms with van der Waals surface area (Å²) in [6.45, 7) is 0. The third kappa shape index (κ3) is 2.36. The second kappa shape index (κ2) is 5.05. The van der Waals surface area contributed by atoms with E-state index in [9.17, 15) is 9.18 Å². The van der Waals surface area contributed by atoms with Crippen molar-refractivity contribution < 1.29 is 13.9 Å². The number of para-hydroxylation sites is 1. The number of benzene rings is 2. The summed E-state index contributed by atoms with van der Waals surface area (Å²) in [7, 11) is 0. The maximum Gasteiger partial charge on any atom is 0.207 e. The molecule has 0 bridgehead atoms. The third-order valence-corrected chi connectivity index (χ3v) is 4.06. The number of ketones is 1. The van der Waals surface area contributed by atoms with Gasteiger partial charge in [0.2, 0.25) is 5.78 Å². The van der Waals surface area contributed by atoms with Crippen molar-refractivity contribution in [3.8, 4) is 5.75 Å². The van der Waals surface area contributed by atoms with Crippen LogP contribution in [-0.2, 0) is 0 Å². The van der Waals surface area contributed by atoms with Crippen LogP contribution in [0.25, 0.3) is 0 Å². The predicted octanol–water partition coefficient (Wildman–Crippen LogP) is 3.56. The first-order chi connectivity index (χ1) is 9.25. The van der Waals surface area contributed by atoms with Crippen LogP contribution >= 0.6 is 11.8 Å². The van der Waals surface area contributed by atoms with E-state index in [2.05, 4.69) is 0 Å². The predicted molar refractivity (Wildman–Crippen MR) is 72.3 cm³/mol. The lowest BCUT2D eigenvalue weighted by Gasteiger charge is -2.24. The van der Waals surface area contributed by atoms with Gasteiger partial charge in [0.05, 0.1) is 5.56 Å². The Morgan fingerprint density at radius 3 is 2.74 bits per heavy atom. The molecule has 0 amide bonds. The van der Waals surface area contributed by atoms with Crippen LogP contribution in [0.2, 0.25) is 0 Å². The van der Waals surface area contributed by atoms with E-state index in [0.29, 0.717) is 11.5 Å². The van der Waals surface area contributed by atoms with Gasteiger partial charge in [-0.2, -0.15) is 0 Å². The second-order valence-electron chi connectivity index (χ2n) is 4.21. The van der Waals surface area contributed by atoms with Gasteiger partial charge >= 0.3 is 0 Å². The van der Waals surface area contributed by atoms with Gasteiger partial charge in [0, 0.05) is 10.6 Å². The van der Waals surface area contributed by atoms with Crippen LogP contribution in [0, 0.1) is 5.82 Å². The fourth-order valence-corrected chi connectivity index (χ4v) is 2.97. The molecular formula is C15H11FO2S. The molecular weight excluding hydrogens is 263 g/mol. The summed E-state index contributed by atoms with van der Waals surface area (Å²) in [6.07, 6.45) is -0.628. The highest BCUT2D eigenvalue weighted by atomic mass is 32.2. The van der Waals surface area contributed by atoms with Crippen LogP contribution in [0.15, 0.2) is 53.4 Å². The van der Waals surface area contributed by atoms with Crippen LogP contribution in [0.3, 0.4) is 0 Å². The van der Waals surface area contributed by atoms with Gasteiger partial charge in [0.25, 0.3) is 0 Å². The van der Waals surface area contributed by atoms with Gasteiger partial charge in [-0.25, -0.2) is 4.39 Å². The summed E-state index contributed by atoms with van der Waals surface area (Å²) in [4.78, 5) is 13.3. The molecule has 0 aliphatic carbocycles. The Bertz CT molecular complexity index is 627. The zero-order chi connectivity index (χ0) is 13.2. The highest BCUT2D eigenvalue weighted by molar-refractivity contribution is 7.99. The molecule has 2 aromatic rings. The van der Waals surface area contributed by atoms with E-state index >= 15 is 0 Å². The number of halogens is 1. The molecule has 1 aliphatic heterocycles. The molecule has 19 heavy (non-hydrogen) atoms. The Hall–Kier alpha value is -1.81. The van der Waals surface area contributed by atoms with Crippen molar-refractivity contribution in [3.63, 3.8) is 0 Å². The van der Waals surface area contributed by atoms with Crippen LogP contribution in [0.4, 0.5) is 4.39 Å². The molecule has 0 spiro atoms. The molecule has 0 saturated heterocycles. The zero-order valence-electron chi connectivity index (χ0n) is 10.0. The minimum atomic E-state index is -0.628. The van der Waals surface area contributed by atoms with Crippen LogP contribution in [0.5, 0.6) is 5.75 Å². The minimum absolute atomic E-state index is 0.0903. The molecule has 3 rings (SSSR count). The molecule has 1 atom stereocenters. The van der Waals surface area contributed by atoms with Crippen molar-refractivity contribution in [2.24, 2.45) is 0 Å². The van der Waals surface area contributed by atoms with E-state index in [-0.39, 0.29) is 11.3 Å². The second-order valence-corrected chi connectivity index (χ2v) is 5.27.